The molecule has 0 radical (unpaired) electrons. The number of nitrogens with two attached hydrogens (primary N) is 1. The first-order valence-corrected chi connectivity index (χ1v) is 7.55. The molecule has 2 fully saturated rings. The third kappa shape index (κ3) is 3.63. The Bertz CT molecular complexity index is 521. The second-order valence-electron chi connectivity index (χ2n) is 5.51. The molecule has 3 rings (SSSR count). The van der Waals surface area contributed by atoms with Crippen LogP contribution in [0.15, 0.2) is 12.3 Å². The van der Waals surface area contributed by atoms with E-state index >= 15 is 0 Å². The normalized spacial score (nSPS) is 25.7. The lowest BCUT2D eigenvalue weighted by Gasteiger charge is -2.31. The fraction of sp³-hybridized carbons (Fsp3) is 0.643. The van der Waals surface area contributed by atoms with E-state index < -0.39 is 12.0 Å². The Morgan fingerprint density at radius 2 is 2.36 bits per heavy atom. The Balaban J connectivity index is 1.66. The van der Waals surface area contributed by atoms with Crippen molar-refractivity contribution < 1.29 is 14.3 Å². The summed E-state index contributed by atoms with van der Waals surface area (Å²) in [6.45, 7) is 2.98. The number of hydrogen-bond donors (Lipinski definition) is 2. The number of rotatable bonds is 4. The lowest BCUT2D eigenvalue weighted by atomic mass is 10.1. The number of nitrogens with zero attached hydrogens (tertiary/aromatic N) is 3. The Morgan fingerprint density at radius 1 is 1.45 bits per heavy atom. The summed E-state index contributed by atoms with van der Waals surface area (Å²) in [4.78, 5) is 22.0. The molecule has 2 atom stereocenters. The van der Waals surface area contributed by atoms with E-state index in [2.05, 4.69) is 15.3 Å². The molecule has 0 aromatic carbocycles. The summed E-state index contributed by atoms with van der Waals surface area (Å²) in [6, 6.07) is 2.11. The molecule has 0 saturated carbocycles. The lowest BCUT2D eigenvalue weighted by Crippen LogP contribution is -2.49. The molecule has 0 aliphatic carbocycles. The van der Waals surface area contributed by atoms with Gasteiger partial charge in [-0.15, -0.1) is 0 Å². The van der Waals surface area contributed by atoms with Gasteiger partial charge in [0.15, 0.2) is 6.10 Å². The number of hydrogen-bond acceptors (Lipinski definition) is 7. The zero-order valence-electron chi connectivity index (χ0n) is 12.4. The van der Waals surface area contributed by atoms with E-state index in [9.17, 15) is 4.79 Å². The monoisotopic (exact) mass is 307 g/mol. The number of aromatic nitrogens is 2. The smallest absolute Gasteiger partial charge is 0.248 e. The molecule has 1 amide bonds. The van der Waals surface area contributed by atoms with Gasteiger partial charge in [0.25, 0.3) is 0 Å². The van der Waals surface area contributed by atoms with E-state index in [1.807, 2.05) is 11.0 Å². The van der Waals surface area contributed by atoms with Crippen molar-refractivity contribution in [2.24, 2.45) is 5.73 Å². The van der Waals surface area contributed by atoms with E-state index in [4.69, 9.17) is 15.2 Å². The molecule has 0 unspecified atom stereocenters. The van der Waals surface area contributed by atoms with Crippen LogP contribution in [0.1, 0.15) is 12.8 Å². The maximum Gasteiger partial charge on any atom is 0.248 e. The zero-order chi connectivity index (χ0) is 15.4. The van der Waals surface area contributed by atoms with Crippen LogP contribution in [0.5, 0.6) is 0 Å². The number of morpholine rings is 1. The van der Waals surface area contributed by atoms with Gasteiger partial charge < -0.3 is 25.4 Å². The maximum absolute atomic E-state index is 11.3. The summed E-state index contributed by atoms with van der Waals surface area (Å²) in [7, 11) is 0. The molecule has 2 aliphatic heterocycles. The van der Waals surface area contributed by atoms with Gasteiger partial charge in [0, 0.05) is 19.3 Å². The highest BCUT2D eigenvalue weighted by molar-refractivity contribution is 5.79. The van der Waals surface area contributed by atoms with Crippen LogP contribution in [0, 0.1) is 0 Å². The number of carbonyl (C=O) groups excluding carboxylic acids is 1. The number of carbonyl (C=O) groups is 1. The predicted octanol–water partition coefficient (Wildman–Crippen LogP) is -0.242. The van der Waals surface area contributed by atoms with Crippen LogP contribution < -0.4 is 16.0 Å². The second kappa shape index (κ2) is 6.89. The second-order valence-corrected chi connectivity index (χ2v) is 5.51. The molecule has 2 saturated heterocycles. The van der Waals surface area contributed by atoms with E-state index in [0.29, 0.717) is 32.3 Å². The molecule has 0 spiro atoms. The van der Waals surface area contributed by atoms with Crippen molar-refractivity contribution >= 4 is 17.7 Å². The Labute approximate surface area is 129 Å². The van der Waals surface area contributed by atoms with Crippen LogP contribution in [-0.2, 0) is 14.3 Å². The number of anilines is 2. The van der Waals surface area contributed by atoms with E-state index in [1.165, 1.54) is 0 Å². The summed E-state index contributed by atoms with van der Waals surface area (Å²) in [5.41, 5.74) is 5.30. The first kappa shape index (κ1) is 15.0. The molecule has 1 aromatic heterocycles. The molecule has 2 aliphatic rings. The van der Waals surface area contributed by atoms with Crippen LogP contribution in [0.3, 0.4) is 0 Å². The van der Waals surface area contributed by atoms with E-state index in [1.54, 1.807) is 6.20 Å². The highest BCUT2D eigenvalue weighted by Crippen LogP contribution is 2.17. The van der Waals surface area contributed by atoms with Crippen LogP contribution in [0.25, 0.3) is 0 Å². The van der Waals surface area contributed by atoms with Crippen molar-refractivity contribution in [2.75, 3.05) is 43.1 Å². The molecule has 8 heteroatoms. The lowest BCUT2D eigenvalue weighted by molar-refractivity contribution is -0.130. The highest BCUT2D eigenvalue weighted by Gasteiger charge is 2.26. The van der Waals surface area contributed by atoms with Gasteiger partial charge in [-0.3, -0.25) is 4.79 Å². The molecule has 120 valence electrons. The van der Waals surface area contributed by atoms with Crippen molar-refractivity contribution in [1.29, 1.82) is 0 Å². The maximum atomic E-state index is 11.3. The van der Waals surface area contributed by atoms with Gasteiger partial charge in [0.05, 0.1) is 25.8 Å². The van der Waals surface area contributed by atoms with Gasteiger partial charge in [-0.1, -0.05) is 0 Å². The molecule has 22 heavy (non-hydrogen) atoms. The average molecular weight is 307 g/mol. The van der Waals surface area contributed by atoms with Crippen LogP contribution in [0.4, 0.5) is 11.8 Å². The minimum Gasteiger partial charge on any atom is -0.379 e. The van der Waals surface area contributed by atoms with Gasteiger partial charge in [-0.05, 0) is 18.9 Å². The predicted molar refractivity (Wildman–Crippen MR) is 80.6 cm³/mol. The molecule has 0 bridgehead atoms. The van der Waals surface area contributed by atoms with Crippen LogP contribution in [-0.4, -0.2) is 60.9 Å². The fourth-order valence-corrected chi connectivity index (χ4v) is 2.65. The number of ether oxygens (including phenoxy) is 2. The van der Waals surface area contributed by atoms with Crippen molar-refractivity contribution in [2.45, 2.75) is 25.0 Å². The minimum absolute atomic E-state index is 0.277. The van der Waals surface area contributed by atoms with Gasteiger partial charge >= 0.3 is 0 Å². The first-order chi connectivity index (χ1) is 10.7. The van der Waals surface area contributed by atoms with Crippen LogP contribution in [0.2, 0.25) is 0 Å². The molecule has 1 aromatic rings. The number of primary amides is 1. The van der Waals surface area contributed by atoms with Gasteiger partial charge in [0.2, 0.25) is 11.9 Å². The fourth-order valence-electron chi connectivity index (χ4n) is 2.65. The minimum atomic E-state index is -0.610. The third-order valence-corrected chi connectivity index (χ3v) is 3.82. The quantitative estimate of drug-likeness (QED) is 0.791. The topological polar surface area (TPSA) is 103 Å². The third-order valence-electron chi connectivity index (χ3n) is 3.82. The summed E-state index contributed by atoms with van der Waals surface area (Å²) in [5, 5.41) is 3.37. The molecular formula is C14H21N5O3. The Kier molecular flexibility index (Phi) is 4.69. The molecule has 8 nitrogen and oxygen atoms in total. The zero-order valence-corrected chi connectivity index (χ0v) is 12.4. The summed E-state index contributed by atoms with van der Waals surface area (Å²) >= 11 is 0. The largest absolute Gasteiger partial charge is 0.379 e. The Hall–Kier alpha value is -1.93. The van der Waals surface area contributed by atoms with E-state index in [-0.39, 0.29) is 6.04 Å². The Morgan fingerprint density at radius 3 is 3.14 bits per heavy atom. The van der Waals surface area contributed by atoms with Crippen molar-refractivity contribution in [3.05, 3.63) is 12.3 Å². The molecular weight excluding hydrogens is 286 g/mol. The van der Waals surface area contributed by atoms with Crippen molar-refractivity contribution in [3.63, 3.8) is 0 Å². The highest BCUT2D eigenvalue weighted by atomic mass is 16.5. The average Bonchev–Trinajstić information content (AvgIpc) is 2.56. The SMILES string of the molecule is NC(=O)[C@@H]1CN(c2nccc(N[C@H]3CCCOC3)n2)CCO1. The van der Waals surface area contributed by atoms with Crippen molar-refractivity contribution in [1.82, 2.24) is 9.97 Å². The summed E-state index contributed by atoms with van der Waals surface area (Å²) < 4.78 is 10.8. The van der Waals surface area contributed by atoms with Gasteiger partial charge in [-0.25, -0.2) is 4.98 Å². The standard InChI is InChI=1S/C14H21N5O3/c15-13(20)11-8-19(5-7-22-11)14-16-4-3-12(18-14)17-10-2-1-6-21-9-10/h3-4,10-11H,1-2,5-9H2,(H2,15,20)(H,16,17,18)/t10-,11-/m0/s1. The molecule has 3 heterocycles. The number of amides is 1. The van der Waals surface area contributed by atoms with Gasteiger partial charge in [-0.2, -0.15) is 4.98 Å². The summed E-state index contributed by atoms with van der Waals surface area (Å²) in [6.07, 6.45) is 3.23. The number of nitrogens with one attached hydrogen (secondary N) is 1. The van der Waals surface area contributed by atoms with Crippen LogP contribution >= 0.6 is 0 Å². The van der Waals surface area contributed by atoms with E-state index in [0.717, 1.165) is 25.3 Å². The van der Waals surface area contributed by atoms with Gasteiger partial charge in [0.1, 0.15) is 5.82 Å². The van der Waals surface area contributed by atoms with Crippen molar-refractivity contribution in [3.8, 4) is 0 Å². The summed E-state index contributed by atoms with van der Waals surface area (Å²) in [5.74, 6) is 0.886. The first-order valence-electron chi connectivity index (χ1n) is 7.55. The molecule has 3 N–H and O–H groups in total.